The van der Waals surface area contributed by atoms with Crippen LogP contribution in [-0.4, -0.2) is 4.92 Å². The van der Waals surface area contributed by atoms with Gasteiger partial charge < -0.3 is 0 Å². The highest BCUT2D eigenvalue weighted by Crippen LogP contribution is 2.41. The normalized spacial score (nSPS) is 10.5. The van der Waals surface area contributed by atoms with Gasteiger partial charge in [-0.25, -0.2) is 0 Å². The van der Waals surface area contributed by atoms with Gasteiger partial charge in [-0.1, -0.05) is 52.5 Å². The molecule has 0 atom stereocenters. The van der Waals surface area contributed by atoms with Crippen LogP contribution in [0.1, 0.15) is 0 Å². The molecule has 0 unspecified atom stereocenters. The van der Waals surface area contributed by atoms with Crippen LogP contribution in [0.5, 0.6) is 0 Å². The molecule has 3 nitrogen and oxygen atoms in total. The topological polar surface area (TPSA) is 43.1 Å². The summed E-state index contributed by atoms with van der Waals surface area (Å²) in [5.74, 6) is 0. The second-order valence-corrected chi connectivity index (χ2v) is 5.24. The van der Waals surface area contributed by atoms with Crippen molar-refractivity contribution in [3.05, 3.63) is 60.5 Å². The van der Waals surface area contributed by atoms with Gasteiger partial charge in [0.15, 0.2) is 0 Å². The van der Waals surface area contributed by atoms with Crippen LogP contribution in [-0.2, 0) is 0 Å². The SMILES string of the molecule is O=[N+]([O-])c1cccc(Cl)c1-c1cc(Cl)c(Cl)c(Cl)c1. The maximum atomic E-state index is 11.0. The maximum Gasteiger partial charge on any atom is 0.278 e. The lowest BCUT2D eigenvalue weighted by Gasteiger charge is -2.08. The fraction of sp³-hybridized carbons (Fsp3) is 0. The van der Waals surface area contributed by atoms with Crippen LogP contribution in [0.25, 0.3) is 11.1 Å². The molecule has 0 spiro atoms. The minimum absolute atomic E-state index is 0.123. The third-order valence-corrected chi connectivity index (χ3v) is 3.97. The number of rotatable bonds is 2. The monoisotopic (exact) mass is 335 g/mol. The molecule has 98 valence electrons. The molecule has 2 rings (SSSR count). The Morgan fingerprint density at radius 2 is 1.53 bits per heavy atom. The summed E-state index contributed by atoms with van der Waals surface area (Å²) in [6, 6.07) is 7.40. The Labute approximate surface area is 128 Å². The lowest BCUT2D eigenvalue weighted by Crippen LogP contribution is -1.93. The molecular weight excluding hydrogens is 332 g/mol. The quantitative estimate of drug-likeness (QED) is 0.390. The summed E-state index contributed by atoms with van der Waals surface area (Å²) in [4.78, 5) is 10.5. The van der Waals surface area contributed by atoms with E-state index in [1.807, 2.05) is 0 Å². The van der Waals surface area contributed by atoms with Crippen LogP contribution < -0.4 is 0 Å². The van der Waals surface area contributed by atoms with Gasteiger partial charge in [0.1, 0.15) is 0 Å². The summed E-state index contributed by atoms with van der Waals surface area (Å²) in [5.41, 5.74) is 0.577. The summed E-state index contributed by atoms with van der Waals surface area (Å²) >= 11 is 23.7. The average molecular weight is 337 g/mol. The van der Waals surface area contributed by atoms with E-state index in [9.17, 15) is 10.1 Å². The van der Waals surface area contributed by atoms with Crippen LogP contribution in [0.15, 0.2) is 30.3 Å². The van der Waals surface area contributed by atoms with Crippen molar-refractivity contribution in [1.82, 2.24) is 0 Å². The predicted octanol–water partition coefficient (Wildman–Crippen LogP) is 5.88. The second kappa shape index (κ2) is 5.55. The van der Waals surface area contributed by atoms with Gasteiger partial charge in [0.25, 0.3) is 5.69 Å². The average Bonchev–Trinajstić information content (AvgIpc) is 2.35. The highest BCUT2D eigenvalue weighted by atomic mass is 35.5. The van der Waals surface area contributed by atoms with Crippen LogP contribution in [0, 0.1) is 10.1 Å². The van der Waals surface area contributed by atoms with E-state index in [0.717, 1.165) is 0 Å². The van der Waals surface area contributed by atoms with Crippen molar-refractivity contribution in [1.29, 1.82) is 0 Å². The molecule has 7 heteroatoms. The van der Waals surface area contributed by atoms with Crippen LogP contribution in [0.3, 0.4) is 0 Å². The van der Waals surface area contributed by atoms with Crippen molar-refractivity contribution in [3.63, 3.8) is 0 Å². The van der Waals surface area contributed by atoms with Crippen molar-refractivity contribution in [3.8, 4) is 11.1 Å². The Morgan fingerprint density at radius 3 is 2.05 bits per heavy atom. The lowest BCUT2D eigenvalue weighted by atomic mass is 10.0. The van der Waals surface area contributed by atoms with E-state index in [4.69, 9.17) is 46.4 Å². The molecule has 0 saturated heterocycles. The van der Waals surface area contributed by atoms with Crippen molar-refractivity contribution in [2.24, 2.45) is 0 Å². The first-order valence-corrected chi connectivity index (χ1v) is 6.51. The molecule has 2 aromatic carbocycles. The Kier molecular flexibility index (Phi) is 4.21. The summed E-state index contributed by atoms with van der Waals surface area (Å²) < 4.78 is 0. The van der Waals surface area contributed by atoms with Crippen LogP contribution in [0.2, 0.25) is 20.1 Å². The molecule has 0 aliphatic carbocycles. The first kappa shape index (κ1) is 14.4. The van der Waals surface area contributed by atoms with E-state index < -0.39 is 4.92 Å². The predicted molar refractivity (Wildman–Crippen MR) is 78.6 cm³/mol. The van der Waals surface area contributed by atoms with Crippen molar-refractivity contribution < 1.29 is 4.92 Å². The maximum absolute atomic E-state index is 11.0. The molecule has 0 heterocycles. The summed E-state index contributed by atoms with van der Waals surface area (Å²) in [6.07, 6.45) is 0. The van der Waals surface area contributed by atoms with Gasteiger partial charge in [-0.3, -0.25) is 10.1 Å². The smallest absolute Gasteiger partial charge is 0.258 e. The lowest BCUT2D eigenvalue weighted by molar-refractivity contribution is -0.384. The fourth-order valence-electron chi connectivity index (χ4n) is 1.65. The van der Waals surface area contributed by atoms with Gasteiger partial charge in [0, 0.05) is 6.07 Å². The van der Waals surface area contributed by atoms with Crippen LogP contribution >= 0.6 is 46.4 Å². The molecule has 19 heavy (non-hydrogen) atoms. The van der Waals surface area contributed by atoms with Gasteiger partial charge in [0.05, 0.1) is 30.6 Å². The minimum Gasteiger partial charge on any atom is -0.258 e. The molecule has 0 saturated carbocycles. The number of nitro groups is 1. The Hall–Kier alpha value is -1.000. The third kappa shape index (κ3) is 2.79. The van der Waals surface area contributed by atoms with Crippen molar-refractivity contribution in [2.75, 3.05) is 0 Å². The van der Waals surface area contributed by atoms with Crippen molar-refractivity contribution >= 4 is 52.1 Å². The molecule has 0 aliphatic heterocycles. The van der Waals surface area contributed by atoms with Gasteiger partial charge in [-0.05, 0) is 23.8 Å². The molecule has 0 fully saturated rings. The van der Waals surface area contributed by atoms with E-state index in [1.54, 1.807) is 6.07 Å². The minimum atomic E-state index is -0.516. The molecule has 0 aromatic heterocycles. The standard InChI is InChI=1S/C12H5Cl4NO2/c13-7-2-1-3-10(17(18)19)11(7)6-4-8(14)12(16)9(15)5-6/h1-5H. The second-order valence-electron chi connectivity index (χ2n) is 3.64. The molecule has 2 aromatic rings. The highest BCUT2D eigenvalue weighted by molar-refractivity contribution is 6.48. The molecular formula is C12H5Cl4NO2. The molecule has 0 N–H and O–H groups in total. The Morgan fingerprint density at radius 1 is 0.947 bits per heavy atom. The number of hydrogen-bond donors (Lipinski definition) is 0. The molecule has 0 bridgehead atoms. The van der Waals surface area contributed by atoms with Crippen LogP contribution in [0.4, 0.5) is 5.69 Å². The Balaban J connectivity index is 2.75. The molecule has 0 aliphatic rings. The first-order chi connectivity index (χ1) is 8.91. The van der Waals surface area contributed by atoms with Gasteiger partial charge in [-0.15, -0.1) is 0 Å². The van der Waals surface area contributed by atoms with Crippen molar-refractivity contribution in [2.45, 2.75) is 0 Å². The van der Waals surface area contributed by atoms with E-state index >= 15 is 0 Å². The van der Waals surface area contributed by atoms with E-state index in [-0.39, 0.29) is 31.3 Å². The molecule has 0 radical (unpaired) electrons. The first-order valence-electron chi connectivity index (χ1n) is 4.99. The van der Waals surface area contributed by atoms with E-state index in [1.165, 1.54) is 24.3 Å². The zero-order valence-electron chi connectivity index (χ0n) is 9.16. The summed E-state index contributed by atoms with van der Waals surface area (Å²) in [5, 5.41) is 11.9. The van der Waals surface area contributed by atoms with Gasteiger partial charge in [-0.2, -0.15) is 0 Å². The summed E-state index contributed by atoms with van der Waals surface area (Å²) in [6.45, 7) is 0. The number of hydrogen-bond acceptors (Lipinski definition) is 2. The number of benzene rings is 2. The highest BCUT2D eigenvalue weighted by Gasteiger charge is 2.20. The number of halogens is 4. The zero-order valence-corrected chi connectivity index (χ0v) is 12.2. The fourth-order valence-corrected chi connectivity index (χ4v) is 2.53. The summed E-state index contributed by atoms with van der Waals surface area (Å²) in [7, 11) is 0. The molecule has 0 amide bonds. The Bertz CT molecular complexity index is 650. The van der Waals surface area contributed by atoms with E-state index in [2.05, 4.69) is 0 Å². The van der Waals surface area contributed by atoms with Gasteiger partial charge >= 0.3 is 0 Å². The van der Waals surface area contributed by atoms with Gasteiger partial charge in [0.2, 0.25) is 0 Å². The third-order valence-electron chi connectivity index (χ3n) is 2.46. The largest absolute Gasteiger partial charge is 0.278 e. The zero-order chi connectivity index (χ0) is 14.2. The van der Waals surface area contributed by atoms with E-state index in [0.29, 0.717) is 5.56 Å². The number of nitrogens with zero attached hydrogens (tertiary/aromatic N) is 1. The number of nitro benzene ring substituents is 1.